The molecule has 0 atom stereocenters. The molecule has 0 saturated heterocycles. The Labute approximate surface area is 178 Å². The molecule has 160 valence electrons. The third kappa shape index (κ3) is 4.75. The number of rotatable bonds is 7. The van der Waals surface area contributed by atoms with Crippen LogP contribution >= 0.6 is 0 Å². The van der Waals surface area contributed by atoms with Crippen LogP contribution in [-0.4, -0.2) is 11.5 Å². The predicted octanol–water partition coefficient (Wildman–Crippen LogP) is 6.93. The van der Waals surface area contributed by atoms with Crippen molar-refractivity contribution in [2.24, 2.45) is 5.73 Å². The molecule has 0 bridgehead atoms. The van der Waals surface area contributed by atoms with E-state index in [0.29, 0.717) is 12.3 Å². The molecule has 4 rings (SSSR count). The highest BCUT2D eigenvalue weighted by Crippen LogP contribution is 2.36. The Morgan fingerprint density at radius 2 is 1.58 bits per heavy atom. The number of nitrogens with two attached hydrogens (primary N) is 1. The maximum atomic E-state index is 13.0. The van der Waals surface area contributed by atoms with Gasteiger partial charge in [0.1, 0.15) is 11.5 Å². The van der Waals surface area contributed by atoms with Gasteiger partial charge in [0.25, 0.3) is 0 Å². The van der Waals surface area contributed by atoms with E-state index in [9.17, 15) is 13.2 Å². The van der Waals surface area contributed by atoms with E-state index < -0.39 is 11.7 Å². The van der Waals surface area contributed by atoms with Crippen molar-refractivity contribution < 1.29 is 17.9 Å². The van der Waals surface area contributed by atoms with Crippen molar-refractivity contribution >= 4 is 10.9 Å². The number of alkyl halides is 3. The van der Waals surface area contributed by atoms with Gasteiger partial charge in [-0.25, -0.2) is 0 Å². The van der Waals surface area contributed by atoms with Crippen LogP contribution in [0.2, 0.25) is 0 Å². The molecule has 6 heteroatoms. The summed E-state index contributed by atoms with van der Waals surface area (Å²) in [5.74, 6) is 1.45. The zero-order chi connectivity index (χ0) is 21.8. The summed E-state index contributed by atoms with van der Waals surface area (Å²) in [5, 5.41) is 1.00. The third-order valence-corrected chi connectivity index (χ3v) is 5.24. The van der Waals surface area contributed by atoms with Crippen molar-refractivity contribution in [3.63, 3.8) is 0 Å². The Morgan fingerprint density at radius 1 is 0.839 bits per heavy atom. The number of unbranched alkanes of at least 4 members (excludes halogenated alkanes) is 1. The van der Waals surface area contributed by atoms with Crippen molar-refractivity contribution in [3.8, 4) is 22.8 Å². The second-order valence-electron chi connectivity index (χ2n) is 7.42. The van der Waals surface area contributed by atoms with Crippen LogP contribution in [0.15, 0.2) is 72.8 Å². The normalized spacial score (nSPS) is 11.7. The highest BCUT2D eigenvalue weighted by molar-refractivity contribution is 5.91. The molecule has 31 heavy (non-hydrogen) atoms. The lowest BCUT2D eigenvalue weighted by molar-refractivity contribution is -0.137. The molecule has 0 unspecified atom stereocenters. The Balaban J connectivity index is 1.74. The molecule has 0 fully saturated rings. The largest absolute Gasteiger partial charge is 0.457 e. The van der Waals surface area contributed by atoms with Crippen LogP contribution in [0.3, 0.4) is 0 Å². The van der Waals surface area contributed by atoms with E-state index in [1.54, 1.807) is 0 Å². The lowest BCUT2D eigenvalue weighted by Gasteiger charge is -2.09. The summed E-state index contributed by atoms with van der Waals surface area (Å²) in [5.41, 5.74) is 8.53. The Bertz CT molecular complexity index is 1150. The Kier molecular flexibility index (Phi) is 6.00. The van der Waals surface area contributed by atoms with Crippen LogP contribution in [0.1, 0.15) is 24.0 Å². The van der Waals surface area contributed by atoms with E-state index in [-0.39, 0.29) is 0 Å². The SMILES string of the molecule is NCCCCc1c(-c2ccc(C(F)(F)F)cc2)[nH]c2ccc(Oc3ccccc3)cc12. The first-order valence-corrected chi connectivity index (χ1v) is 10.2. The summed E-state index contributed by atoms with van der Waals surface area (Å²) in [6.07, 6.45) is -1.82. The smallest absolute Gasteiger partial charge is 0.416 e. The van der Waals surface area contributed by atoms with E-state index in [4.69, 9.17) is 10.5 Å². The zero-order valence-corrected chi connectivity index (χ0v) is 16.9. The highest BCUT2D eigenvalue weighted by atomic mass is 19.4. The number of nitrogens with one attached hydrogen (secondary N) is 1. The second-order valence-corrected chi connectivity index (χ2v) is 7.42. The number of hydrogen-bond acceptors (Lipinski definition) is 2. The van der Waals surface area contributed by atoms with Crippen LogP contribution < -0.4 is 10.5 Å². The van der Waals surface area contributed by atoms with Crippen molar-refractivity contribution in [2.45, 2.75) is 25.4 Å². The van der Waals surface area contributed by atoms with Gasteiger partial charge in [0.15, 0.2) is 0 Å². The van der Waals surface area contributed by atoms with Gasteiger partial charge >= 0.3 is 6.18 Å². The first-order valence-electron chi connectivity index (χ1n) is 10.2. The molecule has 1 heterocycles. The summed E-state index contributed by atoms with van der Waals surface area (Å²) in [4.78, 5) is 3.39. The fraction of sp³-hybridized carbons (Fsp3) is 0.200. The lowest BCUT2D eigenvalue weighted by Crippen LogP contribution is -2.04. The fourth-order valence-electron chi connectivity index (χ4n) is 3.69. The maximum Gasteiger partial charge on any atom is 0.416 e. The number of aromatic amines is 1. The summed E-state index contributed by atoms with van der Waals surface area (Å²) in [7, 11) is 0. The van der Waals surface area contributed by atoms with E-state index in [1.165, 1.54) is 12.1 Å². The molecule has 0 amide bonds. The van der Waals surface area contributed by atoms with Crippen LogP contribution in [0, 0.1) is 0 Å². The number of H-pyrrole nitrogens is 1. The average molecular weight is 424 g/mol. The van der Waals surface area contributed by atoms with Gasteiger partial charge in [0, 0.05) is 16.6 Å². The van der Waals surface area contributed by atoms with Crippen molar-refractivity contribution in [3.05, 3.63) is 83.9 Å². The van der Waals surface area contributed by atoms with E-state index in [1.807, 2.05) is 48.5 Å². The minimum Gasteiger partial charge on any atom is -0.457 e. The molecule has 0 aliphatic heterocycles. The van der Waals surface area contributed by atoms with E-state index in [2.05, 4.69) is 4.98 Å². The molecule has 4 aromatic rings. The molecular weight excluding hydrogens is 401 g/mol. The molecule has 0 radical (unpaired) electrons. The Morgan fingerprint density at radius 3 is 2.26 bits per heavy atom. The van der Waals surface area contributed by atoms with Crippen LogP contribution in [0.4, 0.5) is 13.2 Å². The molecule has 0 saturated carbocycles. The van der Waals surface area contributed by atoms with E-state index >= 15 is 0 Å². The van der Waals surface area contributed by atoms with Gasteiger partial charge in [0.05, 0.1) is 5.56 Å². The van der Waals surface area contributed by atoms with E-state index in [0.717, 1.165) is 64.9 Å². The van der Waals surface area contributed by atoms with Gasteiger partial charge < -0.3 is 15.5 Å². The van der Waals surface area contributed by atoms with Crippen molar-refractivity contribution in [1.82, 2.24) is 4.98 Å². The zero-order valence-electron chi connectivity index (χ0n) is 16.9. The standard InChI is InChI=1S/C25H23F3N2O/c26-25(27,28)18-11-9-17(10-12-18)24-21(8-4-5-15-29)22-16-20(13-14-23(22)30-24)31-19-6-2-1-3-7-19/h1-3,6-7,9-14,16,30H,4-5,8,15,29H2. The minimum atomic E-state index is -4.35. The summed E-state index contributed by atoms with van der Waals surface area (Å²) in [6.45, 7) is 0.598. The number of halogens is 3. The lowest BCUT2D eigenvalue weighted by atomic mass is 9.99. The molecule has 0 aliphatic rings. The molecule has 3 N–H and O–H groups in total. The van der Waals surface area contributed by atoms with Crippen LogP contribution in [-0.2, 0) is 12.6 Å². The van der Waals surface area contributed by atoms with Crippen molar-refractivity contribution in [2.75, 3.05) is 6.54 Å². The van der Waals surface area contributed by atoms with Gasteiger partial charge in [-0.2, -0.15) is 13.2 Å². The Hall–Kier alpha value is -3.25. The average Bonchev–Trinajstić information content (AvgIpc) is 3.12. The monoisotopic (exact) mass is 424 g/mol. The summed E-state index contributed by atoms with van der Waals surface area (Å²) < 4.78 is 44.9. The molecule has 3 nitrogen and oxygen atoms in total. The fourth-order valence-corrected chi connectivity index (χ4v) is 3.69. The number of aryl methyl sites for hydroxylation is 1. The van der Waals surface area contributed by atoms with Crippen LogP contribution in [0.5, 0.6) is 11.5 Å². The quantitative estimate of drug-likeness (QED) is 0.316. The molecular formula is C25H23F3N2O. The minimum absolute atomic E-state index is 0.598. The molecule has 3 aromatic carbocycles. The number of ether oxygens (including phenoxy) is 1. The number of para-hydroxylation sites is 1. The first-order chi connectivity index (χ1) is 15.0. The van der Waals surface area contributed by atoms with Gasteiger partial charge in [-0.05, 0) is 79.4 Å². The summed E-state index contributed by atoms with van der Waals surface area (Å²) in [6, 6.07) is 20.6. The van der Waals surface area contributed by atoms with Gasteiger partial charge in [-0.3, -0.25) is 0 Å². The van der Waals surface area contributed by atoms with Gasteiger partial charge in [-0.1, -0.05) is 30.3 Å². The first kappa shape index (κ1) is 21.0. The summed E-state index contributed by atoms with van der Waals surface area (Å²) >= 11 is 0. The van der Waals surface area contributed by atoms with Gasteiger partial charge in [-0.15, -0.1) is 0 Å². The number of benzene rings is 3. The highest BCUT2D eigenvalue weighted by Gasteiger charge is 2.30. The maximum absolute atomic E-state index is 13.0. The predicted molar refractivity (Wildman–Crippen MR) is 117 cm³/mol. The van der Waals surface area contributed by atoms with Gasteiger partial charge in [0.2, 0.25) is 0 Å². The van der Waals surface area contributed by atoms with Crippen molar-refractivity contribution in [1.29, 1.82) is 0 Å². The second kappa shape index (κ2) is 8.86. The topological polar surface area (TPSA) is 51.0 Å². The third-order valence-electron chi connectivity index (χ3n) is 5.24. The van der Waals surface area contributed by atoms with Crippen LogP contribution in [0.25, 0.3) is 22.2 Å². The molecule has 0 aliphatic carbocycles. The molecule has 0 spiro atoms. The molecule has 1 aromatic heterocycles. The number of fused-ring (bicyclic) bond motifs is 1. The number of hydrogen-bond donors (Lipinski definition) is 2. The number of aromatic nitrogens is 1.